The van der Waals surface area contributed by atoms with Gasteiger partial charge >= 0.3 is 5.38 Å². The van der Waals surface area contributed by atoms with Gasteiger partial charge in [-0.25, -0.2) is 8.42 Å². The first-order valence-corrected chi connectivity index (χ1v) is 8.92. The van der Waals surface area contributed by atoms with Gasteiger partial charge in [0.25, 0.3) is 0 Å². The Labute approximate surface area is 130 Å². The fourth-order valence-corrected chi connectivity index (χ4v) is 6.11. The molecule has 2 fully saturated rings. The van der Waals surface area contributed by atoms with E-state index in [0.29, 0.717) is 12.8 Å². The second-order valence-corrected chi connectivity index (χ2v) is 8.80. The molecule has 0 amide bonds. The number of nitrogens with one attached hydrogen (secondary N) is 1. The first-order valence-electron chi connectivity index (χ1n) is 6.53. The number of carbonyl (C=O) groups excluding carboxylic acids is 1. The van der Waals surface area contributed by atoms with Crippen LogP contribution in [0.5, 0.6) is 0 Å². The van der Waals surface area contributed by atoms with Gasteiger partial charge in [-0.1, -0.05) is 13.8 Å². The lowest BCUT2D eigenvalue weighted by Crippen LogP contribution is -2.48. The van der Waals surface area contributed by atoms with E-state index in [1.54, 1.807) is 13.8 Å². The predicted octanol–water partition coefficient (Wildman–Crippen LogP) is 0.723. The molecule has 0 aromatic heterocycles. The maximum Gasteiger partial charge on any atom is 0.392 e. The standard InChI is InChI=1S/C11H17F2NO6S2/c1-9(2)7-3-4-10(9,8(15)5-7)6-22(17,18)14-11(12,13)21-20-19-16/h7,14,16H,3-6H2,1-2H3/p-1. The van der Waals surface area contributed by atoms with E-state index in [4.69, 9.17) is 0 Å². The van der Waals surface area contributed by atoms with Crippen molar-refractivity contribution in [3.05, 3.63) is 0 Å². The van der Waals surface area contributed by atoms with Crippen LogP contribution in [-0.2, 0) is 24.2 Å². The van der Waals surface area contributed by atoms with Gasteiger partial charge < -0.3 is 5.26 Å². The maximum atomic E-state index is 13.4. The highest BCUT2D eigenvalue weighted by atomic mass is 32.2. The topological polar surface area (TPSA) is 105 Å². The summed E-state index contributed by atoms with van der Waals surface area (Å²) >= 11 is -0.762. The van der Waals surface area contributed by atoms with Crippen LogP contribution >= 0.6 is 12.0 Å². The van der Waals surface area contributed by atoms with Gasteiger partial charge in [0.1, 0.15) is 17.8 Å². The zero-order valence-electron chi connectivity index (χ0n) is 11.9. The molecule has 2 atom stereocenters. The number of alkyl halides is 2. The van der Waals surface area contributed by atoms with Crippen LogP contribution in [0, 0.1) is 16.7 Å². The number of hydrogen-bond donors (Lipinski definition) is 1. The molecule has 11 heteroatoms. The number of ketones is 1. The van der Waals surface area contributed by atoms with Crippen molar-refractivity contribution in [3.8, 4) is 0 Å². The number of rotatable bonds is 7. The second-order valence-electron chi connectivity index (χ2n) is 6.26. The van der Waals surface area contributed by atoms with Crippen molar-refractivity contribution in [1.82, 2.24) is 4.72 Å². The summed E-state index contributed by atoms with van der Waals surface area (Å²) in [5.74, 6) is -0.840. The molecule has 0 spiro atoms. The molecule has 2 rings (SSSR count). The van der Waals surface area contributed by atoms with Crippen molar-refractivity contribution in [2.75, 3.05) is 5.75 Å². The second kappa shape index (κ2) is 5.64. The van der Waals surface area contributed by atoms with Crippen LogP contribution in [0.15, 0.2) is 0 Å². The summed E-state index contributed by atoms with van der Waals surface area (Å²) in [6, 6.07) is 0. The zero-order valence-corrected chi connectivity index (χ0v) is 13.6. The van der Waals surface area contributed by atoms with E-state index in [9.17, 15) is 27.3 Å². The highest BCUT2D eigenvalue weighted by molar-refractivity contribution is 7.97. The summed E-state index contributed by atoms with van der Waals surface area (Å²) in [5.41, 5.74) is -1.71. The molecule has 22 heavy (non-hydrogen) atoms. The van der Waals surface area contributed by atoms with Gasteiger partial charge in [0, 0.05) is 11.8 Å². The van der Waals surface area contributed by atoms with Crippen LogP contribution < -0.4 is 9.98 Å². The lowest BCUT2D eigenvalue weighted by molar-refractivity contribution is -0.777. The van der Waals surface area contributed by atoms with E-state index < -0.39 is 44.0 Å². The van der Waals surface area contributed by atoms with Gasteiger partial charge in [0.15, 0.2) is 0 Å². The molecule has 2 bridgehead atoms. The van der Waals surface area contributed by atoms with Crippen molar-refractivity contribution in [3.63, 3.8) is 0 Å². The van der Waals surface area contributed by atoms with Crippen LogP contribution in [0.1, 0.15) is 33.1 Å². The molecule has 0 heterocycles. The monoisotopic (exact) mass is 360 g/mol. The van der Waals surface area contributed by atoms with Gasteiger partial charge in [-0.2, -0.15) is 13.1 Å². The van der Waals surface area contributed by atoms with E-state index in [1.165, 1.54) is 0 Å². The minimum absolute atomic E-state index is 0.0716. The van der Waals surface area contributed by atoms with Gasteiger partial charge in [-0.15, -0.1) is 4.72 Å². The number of sulfonamides is 1. The number of halogens is 2. The Balaban J connectivity index is 2.17. The van der Waals surface area contributed by atoms with Crippen LogP contribution in [-0.4, -0.2) is 25.3 Å². The van der Waals surface area contributed by atoms with E-state index in [0.717, 1.165) is 4.72 Å². The van der Waals surface area contributed by atoms with Gasteiger partial charge in [-0.3, -0.25) is 9.83 Å². The number of Topliss-reactive ketones (excluding diaryl/α,β-unsaturated/α-hetero) is 1. The molecule has 2 saturated carbocycles. The summed E-state index contributed by atoms with van der Waals surface area (Å²) in [7, 11) is -4.48. The van der Waals surface area contributed by atoms with Crippen molar-refractivity contribution in [2.24, 2.45) is 16.7 Å². The molecule has 0 aromatic rings. The smallest absolute Gasteiger partial charge is 0.392 e. The van der Waals surface area contributed by atoms with Crippen LogP contribution in [0.3, 0.4) is 0 Å². The third-order valence-electron chi connectivity index (χ3n) is 5.02. The quantitative estimate of drug-likeness (QED) is 0.234. The Morgan fingerprint density at radius 3 is 2.59 bits per heavy atom. The Morgan fingerprint density at radius 1 is 1.50 bits per heavy atom. The molecule has 7 nitrogen and oxygen atoms in total. The minimum Gasteiger partial charge on any atom is -0.691 e. The predicted molar refractivity (Wildman–Crippen MR) is 70.2 cm³/mol. The lowest BCUT2D eigenvalue weighted by atomic mass is 9.70. The summed E-state index contributed by atoms with van der Waals surface area (Å²) in [5, 5.41) is 8.24. The first kappa shape index (κ1) is 18.0. The zero-order chi connectivity index (χ0) is 16.8. The average Bonchev–Trinajstić information content (AvgIpc) is 2.68. The van der Waals surface area contributed by atoms with Crippen molar-refractivity contribution in [2.45, 2.75) is 38.5 Å². The molecule has 0 aliphatic heterocycles. The van der Waals surface area contributed by atoms with Crippen molar-refractivity contribution >= 4 is 27.8 Å². The van der Waals surface area contributed by atoms with Gasteiger partial charge in [-0.05, 0) is 24.2 Å². The SMILES string of the molecule is CC1(C)C2CCC1(CS(=O)(=O)NC(F)(F)SOO[O-])C(=O)C2. The minimum atomic E-state index is -4.48. The normalized spacial score (nSPS) is 31.0. The molecule has 128 valence electrons. The van der Waals surface area contributed by atoms with Crippen molar-refractivity contribution < 1.29 is 36.6 Å². The highest BCUT2D eigenvalue weighted by Gasteiger charge is 2.65. The molecular weight excluding hydrogens is 344 g/mol. The molecule has 2 unspecified atom stereocenters. The van der Waals surface area contributed by atoms with Crippen LogP contribution in [0.25, 0.3) is 0 Å². The van der Waals surface area contributed by atoms with E-state index in [1.807, 2.05) is 0 Å². The van der Waals surface area contributed by atoms with Gasteiger partial charge in [0.2, 0.25) is 10.0 Å². The molecule has 2 aliphatic carbocycles. The molecule has 0 saturated heterocycles. The first-order chi connectivity index (χ1) is 9.96. The fourth-order valence-electron chi connectivity index (χ4n) is 3.72. The highest BCUT2D eigenvalue weighted by Crippen LogP contribution is 2.64. The van der Waals surface area contributed by atoms with E-state index in [2.05, 4.69) is 9.37 Å². The Kier molecular flexibility index (Phi) is 4.62. The number of fused-ring (bicyclic) bond motifs is 2. The summed E-state index contributed by atoms with van der Waals surface area (Å²) < 4.78 is 55.4. The largest absolute Gasteiger partial charge is 0.691 e. The molecular formula is C11H16F2NO6S2-. The third kappa shape index (κ3) is 3.02. The number of hydrogen-bond acceptors (Lipinski definition) is 7. The van der Waals surface area contributed by atoms with Crippen molar-refractivity contribution in [1.29, 1.82) is 0 Å². The van der Waals surface area contributed by atoms with Crippen LogP contribution in [0.2, 0.25) is 0 Å². The maximum absolute atomic E-state index is 13.4. The summed E-state index contributed by atoms with van der Waals surface area (Å²) in [6.07, 6.45) is 1.34. The molecule has 0 aromatic carbocycles. The summed E-state index contributed by atoms with van der Waals surface area (Å²) in [4.78, 5) is 12.2. The fraction of sp³-hybridized carbons (Fsp3) is 0.909. The third-order valence-corrected chi connectivity index (χ3v) is 7.02. The number of carbonyl (C=O) groups is 1. The Morgan fingerprint density at radius 2 is 2.14 bits per heavy atom. The summed E-state index contributed by atoms with van der Waals surface area (Å²) in [6.45, 7) is 3.60. The van der Waals surface area contributed by atoms with E-state index in [-0.39, 0.29) is 18.1 Å². The Bertz CT molecular complexity index is 567. The molecule has 2 aliphatic rings. The van der Waals surface area contributed by atoms with E-state index >= 15 is 0 Å². The average molecular weight is 360 g/mol. The van der Waals surface area contributed by atoms with Gasteiger partial charge in [0.05, 0.1) is 5.75 Å². The van der Waals surface area contributed by atoms with Crippen LogP contribution in [0.4, 0.5) is 8.78 Å². The molecule has 1 N–H and O–H groups in total. The lowest BCUT2D eigenvalue weighted by Gasteiger charge is -2.36. The molecule has 0 radical (unpaired) electrons. The Hall–Kier alpha value is -0.330.